The predicted octanol–water partition coefficient (Wildman–Crippen LogP) is 1.59. The molecule has 4 nitrogen and oxygen atoms in total. The van der Waals surface area contributed by atoms with Gasteiger partial charge in [0, 0.05) is 31.7 Å². The fourth-order valence-electron chi connectivity index (χ4n) is 3.80. The highest BCUT2D eigenvalue weighted by Gasteiger charge is 2.43. The van der Waals surface area contributed by atoms with Crippen molar-refractivity contribution in [3.05, 3.63) is 0 Å². The summed E-state index contributed by atoms with van der Waals surface area (Å²) in [7, 11) is 1.91. The van der Waals surface area contributed by atoms with Crippen molar-refractivity contribution in [2.45, 2.75) is 70.0 Å². The van der Waals surface area contributed by atoms with Crippen LogP contribution in [0.15, 0.2) is 0 Å². The number of amides is 1. The Kier molecular flexibility index (Phi) is 4.51. The molecule has 0 aromatic rings. The first-order valence-corrected chi connectivity index (χ1v) is 7.71. The second-order valence-electron chi connectivity index (χ2n) is 6.77. The number of hydrogen-bond acceptors (Lipinski definition) is 3. The average Bonchev–Trinajstić information content (AvgIpc) is 2.49. The van der Waals surface area contributed by atoms with Gasteiger partial charge in [0.2, 0.25) is 5.91 Å². The van der Waals surface area contributed by atoms with E-state index in [1.165, 1.54) is 32.1 Å². The molecule has 0 bridgehead atoms. The number of nitrogens with zero attached hydrogens (tertiary/aromatic N) is 2. The maximum atomic E-state index is 12.5. The topological polar surface area (TPSA) is 49.6 Å². The first kappa shape index (κ1) is 14.8. The summed E-state index contributed by atoms with van der Waals surface area (Å²) in [5, 5.41) is 0. The Labute approximate surface area is 117 Å². The molecule has 4 heteroatoms. The Balaban J connectivity index is 2.28. The maximum Gasteiger partial charge on any atom is 0.241 e. The molecule has 1 aliphatic heterocycles. The second-order valence-corrected chi connectivity index (χ2v) is 6.77. The van der Waals surface area contributed by atoms with E-state index in [2.05, 4.69) is 18.7 Å². The third kappa shape index (κ3) is 2.95. The van der Waals surface area contributed by atoms with Crippen molar-refractivity contribution in [1.82, 2.24) is 9.80 Å². The Bertz CT molecular complexity index is 323. The van der Waals surface area contributed by atoms with Gasteiger partial charge in [-0.2, -0.15) is 0 Å². The summed E-state index contributed by atoms with van der Waals surface area (Å²) in [4.78, 5) is 16.8. The van der Waals surface area contributed by atoms with E-state index in [1.54, 1.807) is 0 Å². The summed E-state index contributed by atoms with van der Waals surface area (Å²) in [5.74, 6) is 0.207. The molecule has 2 rings (SSSR count). The molecule has 1 saturated heterocycles. The van der Waals surface area contributed by atoms with Gasteiger partial charge in [-0.25, -0.2) is 0 Å². The highest BCUT2D eigenvalue weighted by Crippen LogP contribution is 2.34. The molecule has 1 amide bonds. The van der Waals surface area contributed by atoms with Crippen LogP contribution in [0.4, 0.5) is 0 Å². The first-order chi connectivity index (χ1) is 8.97. The lowest BCUT2D eigenvalue weighted by Gasteiger charge is -2.47. The number of rotatable bonds is 2. The molecule has 1 unspecified atom stereocenters. The van der Waals surface area contributed by atoms with Gasteiger partial charge in [-0.15, -0.1) is 0 Å². The first-order valence-electron chi connectivity index (χ1n) is 7.71. The molecular formula is C15H29N3O. The summed E-state index contributed by atoms with van der Waals surface area (Å²) in [5.41, 5.74) is 6.02. The Morgan fingerprint density at radius 3 is 2.47 bits per heavy atom. The van der Waals surface area contributed by atoms with E-state index in [0.717, 1.165) is 13.0 Å². The average molecular weight is 267 g/mol. The highest BCUT2D eigenvalue weighted by molar-refractivity contribution is 5.82. The smallest absolute Gasteiger partial charge is 0.241 e. The van der Waals surface area contributed by atoms with E-state index >= 15 is 0 Å². The lowest BCUT2D eigenvalue weighted by Crippen LogP contribution is -2.60. The minimum atomic E-state index is -0.134. The molecule has 1 saturated carbocycles. The van der Waals surface area contributed by atoms with Gasteiger partial charge < -0.3 is 10.6 Å². The SMILES string of the molecule is CN1CCC(C)(C)N(C2CCCCC2)C(CN)C1=O. The molecule has 0 aromatic carbocycles. The van der Waals surface area contributed by atoms with E-state index in [4.69, 9.17) is 5.73 Å². The van der Waals surface area contributed by atoms with Crippen LogP contribution in [0.5, 0.6) is 0 Å². The van der Waals surface area contributed by atoms with E-state index in [1.807, 2.05) is 11.9 Å². The lowest BCUT2D eigenvalue weighted by atomic mass is 9.87. The summed E-state index contributed by atoms with van der Waals surface area (Å²) >= 11 is 0. The summed E-state index contributed by atoms with van der Waals surface area (Å²) in [6, 6.07) is 0.401. The Morgan fingerprint density at radius 1 is 1.26 bits per heavy atom. The number of likely N-dealkylation sites (N-methyl/N-ethyl adjacent to an activating group) is 1. The van der Waals surface area contributed by atoms with E-state index < -0.39 is 0 Å². The number of carbonyl (C=O) groups is 1. The van der Waals surface area contributed by atoms with Gasteiger partial charge in [0.15, 0.2) is 0 Å². The van der Waals surface area contributed by atoms with E-state index in [-0.39, 0.29) is 17.5 Å². The van der Waals surface area contributed by atoms with Gasteiger partial charge in [0.05, 0.1) is 0 Å². The van der Waals surface area contributed by atoms with Gasteiger partial charge >= 0.3 is 0 Å². The molecule has 19 heavy (non-hydrogen) atoms. The molecule has 0 aromatic heterocycles. The van der Waals surface area contributed by atoms with Crippen LogP contribution in [0, 0.1) is 0 Å². The largest absolute Gasteiger partial charge is 0.344 e. The van der Waals surface area contributed by atoms with Crippen LogP contribution in [0.3, 0.4) is 0 Å². The van der Waals surface area contributed by atoms with Gasteiger partial charge in [-0.1, -0.05) is 19.3 Å². The lowest BCUT2D eigenvalue weighted by molar-refractivity contribution is -0.136. The molecule has 0 radical (unpaired) electrons. The zero-order valence-corrected chi connectivity index (χ0v) is 12.7. The van der Waals surface area contributed by atoms with Crippen molar-refractivity contribution >= 4 is 5.91 Å². The highest BCUT2D eigenvalue weighted by atomic mass is 16.2. The molecule has 2 N–H and O–H groups in total. The predicted molar refractivity (Wildman–Crippen MR) is 77.9 cm³/mol. The normalized spacial score (nSPS) is 30.4. The Hall–Kier alpha value is -0.610. The van der Waals surface area contributed by atoms with E-state index in [0.29, 0.717) is 12.6 Å². The number of hydrogen-bond donors (Lipinski definition) is 1. The summed E-state index contributed by atoms with van der Waals surface area (Å²) in [6.45, 7) is 5.82. The quantitative estimate of drug-likeness (QED) is 0.826. The monoisotopic (exact) mass is 267 g/mol. The van der Waals surface area contributed by atoms with Crippen LogP contribution in [-0.2, 0) is 4.79 Å². The third-order valence-corrected chi connectivity index (χ3v) is 4.95. The van der Waals surface area contributed by atoms with Crippen molar-refractivity contribution in [3.8, 4) is 0 Å². The van der Waals surface area contributed by atoms with Gasteiger partial charge in [0.1, 0.15) is 6.04 Å². The van der Waals surface area contributed by atoms with Crippen molar-refractivity contribution in [2.75, 3.05) is 20.1 Å². The summed E-state index contributed by atoms with van der Waals surface area (Å²) in [6.07, 6.45) is 7.39. The van der Waals surface area contributed by atoms with Crippen LogP contribution < -0.4 is 5.73 Å². The molecule has 1 aliphatic carbocycles. The zero-order valence-electron chi connectivity index (χ0n) is 12.7. The molecule has 1 atom stereocenters. The number of carbonyl (C=O) groups excluding carboxylic acids is 1. The van der Waals surface area contributed by atoms with Crippen LogP contribution in [0.2, 0.25) is 0 Å². The second kappa shape index (κ2) is 5.80. The molecule has 110 valence electrons. The summed E-state index contributed by atoms with van der Waals surface area (Å²) < 4.78 is 0. The van der Waals surface area contributed by atoms with Crippen LogP contribution in [0.25, 0.3) is 0 Å². The van der Waals surface area contributed by atoms with Crippen LogP contribution in [-0.4, -0.2) is 53.5 Å². The minimum absolute atomic E-state index is 0.0620. The molecule has 1 heterocycles. The van der Waals surface area contributed by atoms with Crippen molar-refractivity contribution in [1.29, 1.82) is 0 Å². The Morgan fingerprint density at radius 2 is 1.89 bits per heavy atom. The standard InChI is InChI=1S/C15H29N3O/c1-15(2)9-10-17(3)14(19)13(11-16)18(15)12-7-5-4-6-8-12/h12-13H,4-11,16H2,1-3H3. The van der Waals surface area contributed by atoms with E-state index in [9.17, 15) is 4.79 Å². The fraction of sp³-hybridized carbons (Fsp3) is 0.933. The zero-order chi connectivity index (χ0) is 14.0. The molecule has 0 spiro atoms. The van der Waals surface area contributed by atoms with Gasteiger partial charge in [-0.3, -0.25) is 9.69 Å². The van der Waals surface area contributed by atoms with Crippen molar-refractivity contribution in [3.63, 3.8) is 0 Å². The van der Waals surface area contributed by atoms with Gasteiger partial charge in [-0.05, 0) is 33.1 Å². The third-order valence-electron chi connectivity index (χ3n) is 4.95. The fourth-order valence-corrected chi connectivity index (χ4v) is 3.80. The molecule has 2 aliphatic rings. The van der Waals surface area contributed by atoms with Crippen LogP contribution >= 0.6 is 0 Å². The van der Waals surface area contributed by atoms with Crippen LogP contribution in [0.1, 0.15) is 52.4 Å². The van der Waals surface area contributed by atoms with Crippen molar-refractivity contribution in [2.24, 2.45) is 5.73 Å². The van der Waals surface area contributed by atoms with Crippen molar-refractivity contribution < 1.29 is 4.79 Å². The minimum Gasteiger partial charge on any atom is -0.344 e. The molecular weight excluding hydrogens is 238 g/mol. The maximum absolute atomic E-state index is 12.5. The molecule has 2 fully saturated rings. The van der Waals surface area contributed by atoms with Gasteiger partial charge in [0.25, 0.3) is 0 Å². The number of nitrogens with two attached hydrogens (primary N) is 1.